The fourth-order valence-corrected chi connectivity index (χ4v) is 2.79. The number of para-hydroxylation sites is 2. The Morgan fingerprint density at radius 3 is 2.20 bits per heavy atom. The van der Waals surface area contributed by atoms with Crippen LogP contribution in [0.3, 0.4) is 0 Å². The van der Waals surface area contributed by atoms with Gasteiger partial charge in [0.1, 0.15) is 5.75 Å². The van der Waals surface area contributed by atoms with Crippen LogP contribution in [-0.4, -0.2) is 25.1 Å². The summed E-state index contributed by atoms with van der Waals surface area (Å²) in [5.41, 5.74) is 3.63. The topological polar surface area (TPSA) is 76.7 Å². The molecular formula is C24H24N2O4. The molecule has 6 nitrogen and oxygen atoms in total. The number of aryl methyl sites for hydroxylation is 1. The lowest BCUT2D eigenvalue weighted by Gasteiger charge is -2.11. The van der Waals surface area contributed by atoms with E-state index in [1.165, 1.54) is 0 Å². The summed E-state index contributed by atoms with van der Waals surface area (Å²) in [5, 5.41) is 6.02. The molecule has 0 radical (unpaired) electrons. The average Bonchev–Trinajstić information content (AvgIpc) is 2.78. The minimum Gasteiger partial charge on any atom is -0.482 e. The van der Waals surface area contributed by atoms with Gasteiger partial charge < -0.3 is 20.1 Å². The summed E-state index contributed by atoms with van der Waals surface area (Å²) in [6.07, 6.45) is 0.795. The number of carbonyl (C=O) groups is 2. The SMILES string of the molecule is CCc1ccccc1NC(=O)COC(=O)COc1ccc(Nc2ccccc2)cc1. The molecule has 0 bridgehead atoms. The first-order chi connectivity index (χ1) is 14.6. The molecule has 1 amide bonds. The second-order valence-corrected chi connectivity index (χ2v) is 6.52. The molecular weight excluding hydrogens is 380 g/mol. The third-order valence-electron chi connectivity index (χ3n) is 4.31. The summed E-state index contributed by atoms with van der Waals surface area (Å²) >= 11 is 0. The fourth-order valence-electron chi connectivity index (χ4n) is 2.79. The van der Waals surface area contributed by atoms with Crippen molar-refractivity contribution in [3.63, 3.8) is 0 Å². The van der Waals surface area contributed by atoms with Crippen molar-refractivity contribution in [1.29, 1.82) is 0 Å². The molecule has 0 heterocycles. The monoisotopic (exact) mass is 404 g/mol. The van der Waals surface area contributed by atoms with Gasteiger partial charge in [-0.1, -0.05) is 43.3 Å². The van der Waals surface area contributed by atoms with E-state index in [2.05, 4.69) is 10.6 Å². The van der Waals surface area contributed by atoms with E-state index in [-0.39, 0.29) is 19.1 Å². The van der Waals surface area contributed by atoms with Crippen LogP contribution in [0.2, 0.25) is 0 Å². The number of carbonyl (C=O) groups excluding carboxylic acids is 2. The molecule has 154 valence electrons. The highest BCUT2D eigenvalue weighted by Gasteiger charge is 2.10. The van der Waals surface area contributed by atoms with Crippen molar-refractivity contribution in [3.8, 4) is 5.75 Å². The molecule has 3 aromatic rings. The molecule has 0 saturated heterocycles. The summed E-state index contributed by atoms with van der Waals surface area (Å²) < 4.78 is 10.4. The first-order valence-corrected chi connectivity index (χ1v) is 9.72. The molecule has 0 unspecified atom stereocenters. The molecule has 3 rings (SSSR count). The molecule has 30 heavy (non-hydrogen) atoms. The maximum Gasteiger partial charge on any atom is 0.344 e. The van der Waals surface area contributed by atoms with Crippen LogP contribution < -0.4 is 15.4 Å². The van der Waals surface area contributed by atoms with Crippen LogP contribution in [0.4, 0.5) is 17.1 Å². The Labute approximate surface area is 175 Å². The lowest BCUT2D eigenvalue weighted by molar-refractivity contribution is -0.149. The van der Waals surface area contributed by atoms with Crippen molar-refractivity contribution < 1.29 is 19.1 Å². The molecule has 0 spiro atoms. The largest absolute Gasteiger partial charge is 0.482 e. The molecule has 0 aliphatic heterocycles. The van der Waals surface area contributed by atoms with Gasteiger partial charge in [-0.25, -0.2) is 4.79 Å². The third-order valence-corrected chi connectivity index (χ3v) is 4.31. The number of nitrogens with one attached hydrogen (secondary N) is 2. The maximum absolute atomic E-state index is 12.0. The highest BCUT2D eigenvalue weighted by Crippen LogP contribution is 2.20. The van der Waals surface area contributed by atoms with Gasteiger partial charge in [0.2, 0.25) is 0 Å². The minimum atomic E-state index is -0.611. The molecule has 0 saturated carbocycles. The predicted molar refractivity (Wildman–Crippen MR) is 117 cm³/mol. The normalized spacial score (nSPS) is 10.2. The number of benzene rings is 3. The zero-order valence-electron chi connectivity index (χ0n) is 16.8. The van der Waals surface area contributed by atoms with Gasteiger partial charge in [-0.3, -0.25) is 4.79 Å². The number of rotatable bonds is 9. The van der Waals surface area contributed by atoms with E-state index in [1.54, 1.807) is 12.1 Å². The summed E-state index contributed by atoms with van der Waals surface area (Å²) in [5.74, 6) is -0.465. The molecule has 0 aliphatic carbocycles. The van der Waals surface area contributed by atoms with Gasteiger partial charge in [-0.15, -0.1) is 0 Å². The highest BCUT2D eigenvalue weighted by molar-refractivity contribution is 5.93. The Kier molecular flexibility index (Phi) is 7.44. The number of ether oxygens (including phenoxy) is 2. The second kappa shape index (κ2) is 10.7. The smallest absolute Gasteiger partial charge is 0.344 e. The summed E-state index contributed by atoms with van der Waals surface area (Å²) in [6, 6.07) is 24.5. The Bertz CT molecular complexity index is 972. The molecule has 0 fully saturated rings. The highest BCUT2D eigenvalue weighted by atomic mass is 16.6. The van der Waals surface area contributed by atoms with Crippen LogP contribution in [0.15, 0.2) is 78.9 Å². The van der Waals surface area contributed by atoms with Crippen LogP contribution in [0, 0.1) is 0 Å². The van der Waals surface area contributed by atoms with Gasteiger partial charge in [-0.05, 0) is 54.4 Å². The first-order valence-electron chi connectivity index (χ1n) is 9.72. The van der Waals surface area contributed by atoms with Gasteiger partial charge in [0.15, 0.2) is 13.2 Å². The minimum absolute atomic E-state index is 0.274. The van der Waals surface area contributed by atoms with Gasteiger partial charge in [0, 0.05) is 17.1 Å². The molecule has 0 aromatic heterocycles. The van der Waals surface area contributed by atoms with Crippen molar-refractivity contribution in [1.82, 2.24) is 0 Å². The molecule has 6 heteroatoms. The average molecular weight is 404 g/mol. The molecule has 2 N–H and O–H groups in total. The number of hydrogen-bond donors (Lipinski definition) is 2. The van der Waals surface area contributed by atoms with Crippen molar-refractivity contribution in [2.75, 3.05) is 23.8 Å². The van der Waals surface area contributed by atoms with E-state index < -0.39 is 5.97 Å². The summed E-state index contributed by atoms with van der Waals surface area (Å²) in [6.45, 7) is 1.37. The number of esters is 1. The van der Waals surface area contributed by atoms with Crippen LogP contribution in [0.1, 0.15) is 12.5 Å². The van der Waals surface area contributed by atoms with E-state index in [1.807, 2.05) is 73.7 Å². The van der Waals surface area contributed by atoms with E-state index >= 15 is 0 Å². The van der Waals surface area contributed by atoms with Gasteiger partial charge in [-0.2, -0.15) is 0 Å². The van der Waals surface area contributed by atoms with Crippen LogP contribution >= 0.6 is 0 Å². The van der Waals surface area contributed by atoms with Crippen molar-refractivity contribution in [3.05, 3.63) is 84.4 Å². The Hall–Kier alpha value is -3.80. The van der Waals surface area contributed by atoms with E-state index in [9.17, 15) is 9.59 Å². The molecule has 0 aliphatic rings. The van der Waals surface area contributed by atoms with Crippen molar-refractivity contribution >= 4 is 28.9 Å². The standard InChI is InChI=1S/C24H24N2O4/c1-2-18-8-6-7-11-22(18)26-23(27)16-30-24(28)17-29-21-14-12-20(13-15-21)25-19-9-4-3-5-10-19/h3-15,25H,2,16-17H2,1H3,(H,26,27). The van der Waals surface area contributed by atoms with Crippen molar-refractivity contribution in [2.24, 2.45) is 0 Å². The second-order valence-electron chi connectivity index (χ2n) is 6.52. The van der Waals surface area contributed by atoms with Gasteiger partial charge in [0.25, 0.3) is 5.91 Å². The first kappa shape index (κ1) is 20.9. The van der Waals surface area contributed by atoms with E-state index in [4.69, 9.17) is 9.47 Å². The number of hydrogen-bond acceptors (Lipinski definition) is 5. The Morgan fingerprint density at radius 2 is 1.47 bits per heavy atom. The fraction of sp³-hybridized carbons (Fsp3) is 0.167. The van der Waals surface area contributed by atoms with Crippen LogP contribution in [-0.2, 0) is 20.7 Å². The zero-order valence-corrected chi connectivity index (χ0v) is 16.8. The quantitative estimate of drug-likeness (QED) is 0.512. The maximum atomic E-state index is 12.0. The number of amides is 1. The number of anilines is 3. The predicted octanol–water partition coefficient (Wildman–Crippen LogP) is 4.55. The Balaban J connectivity index is 1.40. The van der Waals surface area contributed by atoms with Crippen LogP contribution in [0.5, 0.6) is 5.75 Å². The zero-order chi connectivity index (χ0) is 21.2. The molecule has 3 aromatic carbocycles. The van der Waals surface area contributed by atoms with Crippen LogP contribution in [0.25, 0.3) is 0 Å². The Morgan fingerprint density at radius 1 is 0.800 bits per heavy atom. The van der Waals surface area contributed by atoms with Gasteiger partial charge >= 0.3 is 5.97 Å². The van der Waals surface area contributed by atoms with Gasteiger partial charge in [0.05, 0.1) is 0 Å². The summed E-state index contributed by atoms with van der Waals surface area (Å²) in [4.78, 5) is 23.9. The van der Waals surface area contributed by atoms with Crippen molar-refractivity contribution in [2.45, 2.75) is 13.3 Å². The lowest BCUT2D eigenvalue weighted by Crippen LogP contribution is -2.24. The van der Waals surface area contributed by atoms with E-state index in [0.29, 0.717) is 5.75 Å². The van der Waals surface area contributed by atoms with E-state index in [0.717, 1.165) is 29.0 Å². The molecule has 0 atom stereocenters. The third kappa shape index (κ3) is 6.38. The lowest BCUT2D eigenvalue weighted by atomic mass is 10.1. The summed E-state index contributed by atoms with van der Waals surface area (Å²) in [7, 11) is 0.